The highest BCUT2D eigenvalue weighted by Gasteiger charge is 2.17. The van der Waals surface area contributed by atoms with Crippen molar-refractivity contribution in [2.75, 3.05) is 18.0 Å². The van der Waals surface area contributed by atoms with Gasteiger partial charge in [-0.25, -0.2) is 0 Å². The third kappa shape index (κ3) is 2.96. The Balaban J connectivity index is 1.90. The van der Waals surface area contributed by atoms with E-state index in [0.717, 1.165) is 19.6 Å². The average Bonchev–Trinajstić information content (AvgIpc) is 2.53. The van der Waals surface area contributed by atoms with Crippen molar-refractivity contribution in [3.8, 4) is 0 Å². The van der Waals surface area contributed by atoms with Crippen LogP contribution in [0.1, 0.15) is 30.0 Å². The van der Waals surface area contributed by atoms with E-state index in [0.29, 0.717) is 0 Å². The number of anilines is 2. The Morgan fingerprint density at radius 1 is 1.14 bits per heavy atom. The molecule has 0 atom stereocenters. The molecule has 21 heavy (non-hydrogen) atoms. The number of hydrogen-bond donors (Lipinski definition) is 1. The molecule has 1 heterocycles. The van der Waals surface area contributed by atoms with Crippen LogP contribution >= 0.6 is 0 Å². The van der Waals surface area contributed by atoms with Crippen LogP contribution in [0.2, 0.25) is 0 Å². The zero-order chi connectivity index (χ0) is 14.7. The van der Waals surface area contributed by atoms with Gasteiger partial charge in [-0.05, 0) is 61.2 Å². The Labute approximate surface area is 127 Å². The molecule has 110 valence electrons. The van der Waals surface area contributed by atoms with Gasteiger partial charge in [-0.15, -0.1) is 0 Å². The van der Waals surface area contributed by atoms with Crippen LogP contribution in [0.5, 0.6) is 0 Å². The average molecular weight is 280 g/mol. The summed E-state index contributed by atoms with van der Waals surface area (Å²) in [5.74, 6) is 0. The highest BCUT2D eigenvalue weighted by atomic mass is 15.1. The standard InChI is InChI=1S/C19H24N2/c1-3-20-14-17-10-11-18(13-15(17)2)21-12-6-8-16-7-4-5-9-19(16)21/h4-5,7,9-11,13,20H,3,6,8,12,14H2,1-2H3. The fourth-order valence-electron chi connectivity index (χ4n) is 3.11. The van der Waals surface area contributed by atoms with Gasteiger partial charge in [0.05, 0.1) is 0 Å². The number of para-hydroxylation sites is 1. The van der Waals surface area contributed by atoms with Crippen LogP contribution in [-0.4, -0.2) is 13.1 Å². The number of nitrogens with zero attached hydrogens (tertiary/aromatic N) is 1. The maximum absolute atomic E-state index is 3.41. The van der Waals surface area contributed by atoms with E-state index in [1.54, 1.807) is 0 Å². The van der Waals surface area contributed by atoms with Crippen LogP contribution in [-0.2, 0) is 13.0 Å². The van der Waals surface area contributed by atoms with Crippen molar-refractivity contribution in [3.63, 3.8) is 0 Å². The summed E-state index contributed by atoms with van der Waals surface area (Å²) in [6.07, 6.45) is 2.43. The second-order valence-electron chi connectivity index (χ2n) is 5.78. The molecule has 0 spiro atoms. The van der Waals surface area contributed by atoms with Gasteiger partial charge in [0.1, 0.15) is 0 Å². The van der Waals surface area contributed by atoms with Crippen molar-refractivity contribution in [2.24, 2.45) is 0 Å². The molecule has 1 aliphatic heterocycles. The Bertz CT molecular complexity index is 619. The monoisotopic (exact) mass is 280 g/mol. The molecule has 1 aliphatic rings. The first-order chi connectivity index (χ1) is 10.3. The van der Waals surface area contributed by atoms with E-state index in [1.807, 2.05) is 0 Å². The zero-order valence-corrected chi connectivity index (χ0v) is 13.0. The van der Waals surface area contributed by atoms with Crippen molar-refractivity contribution in [1.82, 2.24) is 5.32 Å². The van der Waals surface area contributed by atoms with Gasteiger partial charge < -0.3 is 10.2 Å². The highest BCUT2D eigenvalue weighted by Crippen LogP contribution is 2.33. The van der Waals surface area contributed by atoms with E-state index in [4.69, 9.17) is 0 Å². The van der Waals surface area contributed by atoms with Gasteiger partial charge in [0.15, 0.2) is 0 Å². The number of rotatable bonds is 4. The van der Waals surface area contributed by atoms with E-state index < -0.39 is 0 Å². The lowest BCUT2D eigenvalue weighted by molar-refractivity contribution is 0.723. The quantitative estimate of drug-likeness (QED) is 0.903. The summed E-state index contributed by atoms with van der Waals surface area (Å²) in [4.78, 5) is 2.46. The molecule has 2 aromatic carbocycles. The maximum atomic E-state index is 3.41. The molecule has 1 N–H and O–H groups in total. The van der Waals surface area contributed by atoms with Gasteiger partial charge in [-0.1, -0.05) is 31.2 Å². The molecular formula is C19H24N2. The molecule has 0 saturated carbocycles. The summed E-state index contributed by atoms with van der Waals surface area (Å²) < 4.78 is 0. The second kappa shape index (κ2) is 6.31. The molecule has 0 unspecified atom stereocenters. The third-order valence-electron chi connectivity index (χ3n) is 4.31. The molecule has 2 nitrogen and oxygen atoms in total. The smallest absolute Gasteiger partial charge is 0.0443 e. The second-order valence-corrected chi connectivity index (χ2v) is 5.78. The normalized spacial score (nSPS) is 14.1. The summed E-state index contributed by atoms with van der Waals surface area (Å²) in [5, 5.41) is 3.41. The maximum Gasteiger partial charge on any atom is 0.0443 e. The predicted octanol–water partition coefficient (Wildman–Crippen LogP) is 4.19. The van der Waals surface area contributed by atoms with E-state index >= 15 is 0 Å². The third-order valence-corrected chi connectivity index (χ3v) is 4.31. The molecule has 0 fully saturated rings. The number of nitrogens with one attached hydrogen (secondary N) is 1. The number of fused-ring (bicyclic) bond motifs is 1. The summed E-state index contributed by atoms with van der Waals surface area (Å²) >= 11 is 0. The van der Waals surface area contributed by atoms with E-state index in [1.165, 1.54) is 40.9 Å². The minimum atomic E-state index is 0.958. The van der Waals surface area contributed by atoms with Crippen molar-refractivity contribution >= 4 is 11.4 Å². The lowest BCUT2D eigenvalue weighted by atomic mass is 10.00. The molecule has 0 bridgehead atoms. The van der Waals surface area contributed by atoms with Gasteiger partial charge in [-0.3, -0.25) is 0 Å². The van der Waals surface area contributed by atoms with Gasteiger partial charge >= 0.3 is 0 Å². The molecule has 3 rings (SSSR count). The van der Waals surface area contributed by atoms with Crippen LogP contribution in [0.25, 0.3) is 0 Å². The van der Waals surface area contributed by atoms with Crippen LogP contribution in [0.3, 0.4) is 0 Å². The fraction of sp³-hybridized carbons (Fsp3) is 0.368. The van der Waals surface area contributed by atoms with Crippen molar-refractivity contribution in [1.29, 1.82) is 0 Å². The molecule has 2 aromatic rings. The minimum absolute atomic E-state index is 0.958. The largest absolute Gasteiger partial charge is 0.341 e. The van der Waals surface area contributed by atoms with Crippen molar-refractivity contribution in [3.05, 3.63) is 59.2 Å². The van der Waals surface area contributed by atoms with Crippen molar-refractivity contribution in [2.45, 2.75) is 33.2 Å². The zero-order valence-electron chi connectivity index (χ0n) is 13.0. The van der Waals surface area contributed by atoms with Crippen LogP contribution in [0.4, 0.5) is 11.4 Å². The van der Waals surface area contributed by atoms with Crippen LogP contribution < -0.4 is 10.2 Å². The lowest BCUT2D eigenvalue weighted by Crippen LogP contribution is -2.24. The minimum Gasteiger partial charge on any atom is -0.341 e. The number of hydrogen-bond acceptors (Lipinski definition) is 2. The lowest BCUT2D eigenvalue weighted by Gasteiger charge is -2.31. The number of aryl methyl sites for hydroxylation is 2. The fourth-order valence-corrected chi connectivity index (χ4v) is 3.11. The summed E-state index contributed by atoms with van der Waals surface area (Å²) in [5.41, 5.74) is 6.93. The van der Waals surface area contributed by atoms with Crippen molar-refractivity contribution < 1.29 is 0 Å². The molecule has 2 heteroatoms. The summed E-state index contributed by atoms with van der Waals surface area (Å²) in [6, 6.07) is 15.7. The summed E-state index contributed by atoms with van der Waals surface area (Å²) in [6.45, 7) is 7.45. The van der Waals surface area contributed by atoms with Gasteiger partial charge in [0.2, 0.25) is 0 Å². The van der Waals surface area contributed by atoms with Crippen LogP contribution in [0, 0.1) is 6.92 Å². The van der Waals surface area contributed by atoms with E-state index in [2.05, 4.69) is 66.5 Å². The van der Waals surface area contributed by atoms with Crippen LogP contribution in [0.15, 0.2) is 42.5 Å². The Kier molecular flexibility index (Phi) is 4.26. The summed E-state index contributed by atoms with van der Waals surface area (Å²) in [7, 11) is 0. The molecule has 0 radical (unpaired) electrons. The topological polar surface area (TPSA) is 15.3 Å². The van der Waals surface area contributed by atoms with Gasteiger partial charge in [-0.2, -0.15) is 0 Å². The first-order valence-corrected chi connectivity index (χ1v) is 7.95. The predicted molar refractivity (Wildman–Crippen MR) is 90.3 cm³/mol. The molecule has 0 aromatic heterocycles. The Morgan fingerprint density at radius 3 is 2.81 bits per heavy atom. The van der Waals surface area contributed by atoms with Gasteiger partial charge in [0, 0.05) is 24.5 Å². The SMILES string of the molecule is CCNCc1ccc(N2CCCc3ccccc32)cc1C. The van der Waals surface area contributed by atoms with E-state index in [-0.39, 0.29) is 0 Å². The molecule has 0 amide bonds. The first-order valence-electron chi connectivity index (χ1n) is 7.95. The highest BCUT2D eigenvalue weighted by molar-refractivity contribution is 5.68. The first kappa shape index (κ1) is 14.2. The number of benzene rings is 2. The van der Waals surface area contributed by atoms with E-state index in [9.17, 15) is 0 Å². The molecule has 0 aliphatic carbocycles. The Hall–Kier alpha value is -1.80. The van der Waals surface area contributed by atoms with Gasteiger partial charge in [0.25, 0.3) is 0 Å². The Morgan fingerprint density at radius 2 is 2.00 bits per heavy atom. The molecular weight excluding hydrogens is 256 g/mol. The molecule has 0 saturated heterocycles.